The van der Waals surface area contributed by atoms with E-state index in [1.165, 1.54) is 34.0 Å². The predicted molar refractivity (Wildman–Crippen MR) is 88.9 cm³/mol. The van der Waals surface area contributed by atoms with Gasteiger partial charge in [0.25, 0.3) is 5.56 Å². The Balaban J connectivity index is 1.99. The second kappa shape index (κ2) is 6.16. The van der Waals surface area contributed by atoms with Crippen LogP contribution in [0.1, 0.15) is 16.7 Å². The van der Waals surface area contributed by atoms with E-state index in [-0.39, 0.29) is 17.9 Å². The number of hydrogen-bond donors (Lipinski definition) is 0. The summed E-state index contributed by atoms with van der Waals surface area (Å²) in [5.74, 6) is -0.319. The average Bonchev–Trinajstić information content (AvgIpc) is 2.52. The Bertz CT molecular complexity index is 915. The van der Waals surface area contributed by atoms with Crippen LogP contribution in [0.2, 0.25) is 0 Å². The second-order valence-corrected chi connectivity index (χ2v) is 5.64. The van der Waals surface area contributed by atoms with Crippen LogP contribution in [0.4, 0.5) is 4.39 Å². The Labute approximate surface area is 134 Å². The lowest BCUT2D eigenvalue weighted by molar-refractivity contribution is 0.612. The summed E-state index contributed by atoms with van der Waals surface area (Å²) in [5, 5.41) is 4.42. The molecule has 0 radical (unpaired) electrons. The van der Waals surface area contributed by atoms with Crippen molar-refractivity contribution in [3.8, 4) is 11.3 Å². The van der Waals surface area contributed by atoms with Crippen LogP contribution in [-0.4, -0.2) is 9.78 Å². The lowest BCUT2D eigenvalue weighted by atomic mass is 10.0. The molecule has 4 heteroatoms. The molecule has 0 aliphatic rings. The zero-order chi connectivity index (χ0) is 16.4. The van der Waals surface area contributed by atoms with Gasteiger partial charge >= 0.3 is 0 Å². The molecule has 1 heterocycles. The fourth-order valence-corrected chi connectivity index (χ4v) is 2.43. The summed E-state index contributed by atoms with van der Waals surface area (Å²) in [4.78, 5) is 12.0. The molecule has 0 bridgehead atoms. The van der Waals surface area contributed by atoms with Crippen molar-refractivity contribution < 1.29 is 4.39 Å². The van der Waals surface area contributed by atoms with Crippen LogP contribution in [0.25, 0.3) is 11.3 Å². The molecule has 0 aliphatic carbocycles. The number of hydrogen-bond acceptors (Lipinski definition) is 2. The first-order chi connectivity index (χ1) is 11.0. The first kappa shape index (κ1) is 15.2. The van der Waals surface area contributed by atoms with E-state index in [4.69, 9.17) is 0 Å². The second-order valence-electron chi connectivity index (χ2n) is 5.64. The number of halogens is 1. The molecule has 0 spiro atoms. The third-order valence-electron chi connectivity index (χ3n) is 3.89. The molecule has 23 heavy (non-hydrogen) atoms. The summed E-state index contributed by atoms with van der Waals surface area (Å²) in [5.41, 5.74) is 4.57. The van der Waals surface area contributed by atoms with Crippen LogP contribution < -0.4 is 5.56 Å². The normalized spacial score (nSPS) is 10.7. The third-order valence-corrected chi connectivity index (χ3v) is 3.89. The predicted octanol–water partition coefficient (Wildman–Crippen LogP) is 3.71. The SMILES string of the molecule is Cc1ccc(-c2ccc(=O)n(Cc3cccc(F)c3)n2)cc1C. The number of aryl methyl sites for hydroxylation is 2. The molecule has 3 nitrogen and oxygen atoms in total. The van der Waals surface area contributed by atoms with Crippen molar-refractivity contribution in [3.05, 3.63) is 87.5 Å². The molecule has 3 aromatic rings. The summed E-state index contributed by atoms with van der Waals surface area (Å²) in [6.45, 7) is 4.34. The number of rotatable bonds is 3. The largest absolute Gasteiger partial charge is 0.268 e. The van der Waals surface area contributed by atoms with E-state index in [1.807, 2.05) is 19.1 Å². The Hall–Kier alpha value is -2.75. The molecule has 2 aromatic carbocycles. The highest BCUT2D eigenvalue weighted by atomic mass is 19.1. The monoisotopic (exact) mass is 308 g/mol. The maximum atomic E-state index is 13.3. The fraction of sp³-hybridized carbons (Fsp3) is 0.158. The smallest absolute Gasteiger partial charge is 0.267 e. The zero-order valence-electron chi connectivity index (χ0n) is 13.1. The van der Waals surface area contributed by atoms with Gasteiger partial charge in [-0.05, 0) is 54.8 Å². The van der Waals surface area contributed by atoms with Gasteiger partial charge in [-0.3, -0.25) is 4.79 Å². The molecular formula is C19H17FN2O. The van der Waals surface area contributed by atoms with Gasteiger partial charge in [-0.15, -0.1) is 0 Å². The van der Waals surface area contributed by atoms with Crippen LogP contribution >= 0.6 is 0 Å². The van der Waals surface area contributed by atoms with E-state index < -0.39 is 0 Å². The molecule has 0 N–H and O–H groups in total. The summed E-state index contributed by atoms with van der Waals surface area (Å²) in [6.07, 6.45) is 0. The lowest BCUT2D eigenvalue weighted by Gasteiger charge is -2.09. The molecular weight excluding hydrogens is 291 g/mol. The lowest BCUT2D eigenvalue weighted by Crippen LogP contribution is -2.22. The topological polar surface area (TPSA) is 34.9 Å². The molecule has 1 aromatic heterocycles. The van der Waals surface area contributed by atoms with Crippen molar-refractivity contribution in [3.63, 3.8) is 0 Å². The Morgan fingerprint density at radius 1 is 1.00 bits per heavy atom. The molecule has 0 unspecified atom stereocenters. The number of nitrogens with zero attached hydrogens (tertiary/aromatic N) is 2. The Kier molecular flexibility index (Phi) is 4.06. The minimum Gasteiger partial charge on any atom is -0.268 e. The maximum Gasteiger partial charge on any atom is 0.267 e. The number of aromatic nitrogens is 2. The van der Waals surface area contributed by atoms with Crippen LogP contribution in [0.15, 0.2) is 59.4 Å². The van der Waals surface area contributed by atoms with Gasteiger partial charge in [0.1, 0.15) is 5.82 Å². The van der Waals surface area contributed by atoms with Gasteiger partial charge in [0.2, 0.25) is 0 Å². The summed E-state index contributed by atoms with van der Waals surface area (Å²) >= 11 is 0. The molecule has 0 saturated heterocycles. The van der Waals surface area contributed by atoms with Crippen molar-refractivity contribution in [1.82, 2.24) is 9.78 Å². The van der Waals surface area contributed by atoms with Gasteiger partial charge in [0.05, 0.1) is 12.2 Å². The summed E-state index contributed by atoms with van der Waals surface area (Å²) in [7, 11) is 0. The van der Waals surface area contributed by atoms with E-state index >= 15 is 0 Å². The van der Waals surface area contributed by atoms with E-state index in [0.29, 0.717) is 5.56 Å². The minimum atomic E-state index is -0.319. The van der Waals surface area contributed by atoms with Crippen molar-refractivity contribution >= 4 is 0 Å². The van der Waals surface area contributed by atoms with Crippen LogP contribution in [0, 0.1) is 19.7 Å². The molecule has 0 atom stereocenters. The first-order valence-corrected chi connectivity index (χ1v) is 7.43. The minimum absolute atomic E-state index is 0.207. The maximum absolute atomic E-state index is 13.3. The fourth-order valence-electron chi connectivity index (χ4n) is 2.43. The van der Waals surface area contributed by atoms with E-state index in [9.17, 15) is 9.18 Å². The summed E-state index contributed by atoms with van der Waals surface area (Å²) in [6, 6.07) is 15.5. The van der Waals surface area contributed by atoms with Gasteiger partial charge < -0.3 is 0 Å². The highest BCUT2D eigenvalue weighted by molar-refractivity contribution is 5.60. The van der Waals surface area contributed by atoms with Crippen LogP contribution in [0.5, 0.6) is 0 Å². The average molecular weight is 308 g/mol. The van der Waals surface area contributed by atoms with Crippen molar-refractivity contribution in [1.29, 1.82) is 0 Å². The van der Waals surface area contributed by atoms with Gasteiger partial charge in [-0.1, -0.05) is 24.3 Å². The molecule has 0 fully saturated rings. The van der Waals surface area contributed by atoms with Crippen molar-refractivity contribution in [2.75, 3.05) is 0 Å². The Morgan fingerprint density at radius 3 is 2.57 bits per heavy atom. The van der Waals surface area contributed by atoms with Crippen LogP contribution in [-0.2, 0) is 6.54 Å². The molecule has 116 valence electrons. The van der Waals surface area contributed by atoms with Gasteiger partial charge in [0, 0.05) is 11.6 Å². The molecule has 0 amide bonds. The van der Waals surface area contributed by atoms with Gasteiger partial charge in [0.15, 0.2) is 0 Å². The van der Waals surface area contributed by atoms with Crippen molar-refractivity contribution in [2.45, 2.75) is 20.4 Å². The molecule has 3 rings (SSSR count). The first-order valence-electron chi connectivity index (χ1n) is 7.43. The third kappa shape index (κ3) is 3.37. The molecule has 0 aliphatic heterocycles. The van der Waals surface area contributed by atoms with Crippen molar-refractivity contribution in [2.24, 2.45) is 0 Å². The quantitative estimate of drug-likeness (QED) is 0.739. The summed E-state index contributed by atoms with van der Waals surface area (Å²) < 4.78 is 14.6. The van der Waals surface area contributed by atoms with E-state index in [2.05, 4.69) is 18.1 Å². The van der Waals surface area contributed by atoms with E-state index in [0.717, 1.165) is 11.3 Å². The molecule has 0 saturated carbocycles. The standard InChI is InChI=1S/C19H17FN2O/c1-13-6-7-16(10-14(13)2)18-8-9-19(23)22(21-18)12-15-4-3-5-17(20)11-15/h3-11H,12H2,1-2H3. The van der Waals surface area contributed by atoms with Crippen LogP contribution in [0.3, 0.4) is 0 Å². The highest BCUT2D eigenvalue weighted by Gasteiger charge is 2.06. The highest BCUT2D eigenvalue weighted by Crippen LogP contribution is 2.19. The van der Waals surface area contributed by atoms with Gasteiger partial charge in [-0.2, -0.15) is 5.10 Å². The zero-order valence-corrected chi connectivity index (χ0v) is 13.1. The Morgan fingerprint density at radius 2 is 1.83 bits per heavy atom. The van der Waals surface area contributed by atoms with E-state index in [1.54, 1.807) is 18.2 Å². The number of benzene rings is 2. The van der Waals surface area contributed by atoms with Gasteiger partial charge in [-0.25, -0.2) is 9.07 Å².